The van der Waals surface area contributed by atoms with Gasteiger partial charge in [-0.05, 0) is 79.3 Å². The van der Waals surface area contributed by atoms with Crippen molar-refractivity contribution in [3.63, 3.8) is 0 Å². The topological polar surface area (TPSA) is 115 Å². The number of pyridine rings is 1. The Kier molecular flexibility index (Phi) is 8.90. The number of aromatic nitrogens is 1. The van der Waals surface area contributed by atoms with E-state index in [1.165, 1.54) is 0 Å². The van der Waals surface area contributed by atoms with Crippen LogP contribution < -0.4 is 4.74 Å². The fraction of sp³-hybridized carbons (Fsp3) is 0.312. The second-order valence-electron chi connectivity index (χ2n) is 16.6. The van der Waals surface area contributed by atoms with E-state index in [0.29, 0.717) is 66.8 Å². The summed E-state index contributed by atoms with van der Waals surface area (Å²) < 4.78 is 17.4. The molecule has 4 fully saturated rings. The number of halogens is 1. The Morgan fingerprint density at radius 1 is 0.593 bits per heavy atom. The highest BCUT2D eigenvalue weighted by atomic mass is 35.5. The van der Waals surface area contributed by atoms with Gasteiger partial charge < -0.3 is 24.0 Å². The zero-order chi connectivity index (χ0) is 40.4. The monoisotopic (exact) mass is 807 g/mol. The molecule has 2 aliphatic carbocycles. The number of carbonyl (C=O) groups is 4. The first-order valence-electron chi connectivity index (χ1n) is 20.3. The van der Waals surface area contributed by atoms with Crippen LogP contribution in [0.1, 0.15) is 87.9 Å². The molecule has 2 atom stereocenters. The summed E-state index contributed by atoms with van der Waals surface area (Å²) in [6, 6.07) is 35.9. The van der Waals surface area contributed by atoms with Gasteiger partial charge in [-0.3, -0.25) is 9.59 Å². The third-order valence-corrected chi connectivity index (χ3v) is 13.6. The maximum atomic E-state index is 13.6. The van der Waals surface area contributed by atoms with Crippen molar-refractivity contribution in [1.29, 1.82) is 0 Å². The van der Waals surface area contributed by atoms with Crippen LogP contribution in [0.3, 0.4) is 0 Å². The number of esters is 2. The molecule has 2 unspecified atom stereocenters. The molecule has 4 aromatic carbocycles. The summed E-state index contributed by atoms with van der Waals surface area (Å²) in [7, 11) is 0. The molecule has 11 heteroatoms. The Balaban J connectivity index is 0.000000145. The summed E-state index contributed by atoms with van der Waals surface area (Å²) in [5.74, 6) is 0.911. The highest BCUT2D eigenvalue weighted by Crippen LogP contribution is 2.53. The van der Waals surface area contributed by atoms with E-state index in [0.717, 1.165) is 54.4 Å². The Bertz CT molecular complexity index is 2480. The fourth-order valence-corrected chi connectivity index (χ4v) is 9.99. The lowest BCUT2D eigenvalue weighted by Gasteiger charge is -2.43. The number of ether oxygens (including phenoxy) is 3. The molecule has 2 saturated carbocycles. The lowest BCUT2D eigenvalue weighted by Crippen LogP contribution is -2.51. The van der Waals surface area contributed by atoms with E-state index < -0.39 is 22.0 Å². The van der Waals surface area contributed by atoms with Crippen LogP contribution in [-0.2, 0) is 41.1 Å². The highest BCUT2D eigenvalue weighted by molar-refractivity contribution is 6.30. The van der Waals surface area contributed by atoms with Crippen LogP contribution in [-0.4, -0.2) is 64.7 Å². The van der Waals surface area contributed by atoms with E-state index in [1.807, 2.05) is 107 Å². The largest absolute Gasteiger partial charge is 0.449 e. The van der Waals surface area contributed by atoms with Gasteiger partial charge in [-0.15, -0.1) is 0 Å². The minimum absolute atomic E-state index is 0.119. The van der Waals surface area contributed by atoms with Crippen molar-refractivity contribution in [3.8, 4) is 11.6 Å². The Morgan fingerprint density at radius 2 is 1.08 bits per heavy atom. The Hall–Kier alpha value is -6.00. The zero-order valence-electron chi connectivity index (χ0n) is 32.4. The highest BCUT2D eigenvalue weighted by Gasteiger charge is 2.58. The molecule has 2 amide bonds. The minimum atomic E-state index is -0.709. The van der Waals surface area contributed by atoms with Gasteiger partial charge in [0.2, 0.25) is 17.7 Å². The normalized spacial score (nSPS) is 23.7. The third kappa shape index (κ3) is 6.18. The molecule has 2 saturated heterocycles. The number of amides is 2. The van der Waals surface area contributed by atoms with Crippen LogP contribution in [0.2, 0.25) is 5.02 Å². The predicted molar refractivity (Wildman–Crippen MR) is 218 cm³/mol. The number of benzene rings is 4. The van der Waals surface area contributed by atoms with E-state index in [2.05, 4.69) is 4.98 Å². The molecule has 10 nitrogen and oxygen atoms in total. The van der Waals surface area contributed by atoms with Gasteiger partial charge >= 0.3 is 11.9 Å². The van der Waals surface area contributed by atoms with E-state index >= 15 is 0 Å². The van der Waals surface area contributed by atoms with E-state index in [9.17, 15) is 19.2 Å². The van der Waals surface area contributed by atoms with Crippen molar-refractivity contribution >= 4 is 35.4 Å². The molecule has 2 spiro atoms. The average molecular weight is 808 g/mol. The number of likely N-dealkylation sites (tertiary alicyclic amines) is 2. The van der Waals surface area contributed by atoms with Crippen molar-refractivity contribution in [2.24, 2.45) is 0 Å². The molecule has 4 aliphatic heterocycles. The summed E-state index contributed by atoms with van der Waals surface area (Å²) >= 11 is 6.03. The minimum Gasteiger partial charge on any atom is -0.449 e. The predicted octanol–water partition coefficient (Wildman–Crippen LogP) is 8.26. The van der Waals surface area contributed by atoms with Crippen molar-refractivity contribution < 1.29 is 33.4 Å². The van der Waals surface area contributed by atoms with Crippen molar-refractivity contribution in [2.75, 3.05) is 26.2 Å². The first kappa shape index (κ1) is 37.3. The van der Waals surface area contributed by atoms with Crippen LogP contribution in [0.5, 0.6) is 11.6 Å². The second-order valence-corrected chi connectivity index (χ2v) is 17.1. The standard InChI is InChI=1S/C26H22N2O4.C22H20ClNO3/c29-23-20-5-1-2-6-21(20)26(32-23)14-16-28(17-26)24(30)25(12-13-25)18-8-10-19(11-9-18)31-22-7-3-4-15-27-22;23-16-8-6-15(7-9-16)21(10-3-11-21)20(26)24-13-12-22(14-24)18-5-2-1-4-17(18)19(25)27-22/h1-11,15H,12-14,16-17H2;1-2,4-9H,3,10-14H2. The lowest BCUT2D eigenvalue weighted by atomic mass is 9.63. The zero-order valence-corrected chi connectivity index (χ0v) is 33.2. The van der Waals surface area contributed by atoms with Gasteiger partial charge in [-0.2, -0.15) is 0 Å². The number of hydrogen-bond donors (Lipinski definition) is 0. The van der Waals surface area contributed by atoms with E-state index in [1.54, 1.807) is 24.4 Å². The average Bonchev–Trinajstić information content (AvgIpc) is 3.48. The van der Waals surface area contributed by atoms with E-state index in [4.69, 9.17) is 25.8 Å². The molecule has 6 aliphatic rings. The van der Waals surface area contributed by atoms with E-state index in [-0.39, 0.29) is 23.8 Å². The third-order valence-electron chi connectivity index (χ3n) is 13.3. The molecule has 298 valence electrons. The van der Waals surface area contributed by atoms with Gasteiger partial charge in [0.05, 0.1) is 35.0 Å². The van der Waals surface area contributed by atoms with Crippen LogP contribution in [0.15, 0.2) is 121 Å². The molecule has 5 heterocycles. The molecule has 5 aromatic rings. The summed E-state index contributed by atoms with van der Waals surface area (Å²) in [6.45, 7) is 2.04. The van der Waals surface area contributed by atoms with Crippen molar-refractivity contribution in [1.82, 2.24) is 14.8 Å². The number of carbonyl (C=O) groups excluding carboxylic acids is 4. The molecule has 0 N–H and O–H groups in total. The van der Waals surface area contributed by atoms with Gasteiger partial charge in [0.15, 0.2) is 11.2 Å². The van der Waals surface area contributed by atoms with Gasteiger partial charge in [-0.25, -0.2) is 14.6 Å². The van der Waals surface area contributed by atoms with Gasteiger partial charge in [0.1, 0.15) is 5.75 Å². The summed E-state index contributed by atoms with van der Waals surface area (Å²) in [6.07, 6.45) is 7.38. The number of fused-ring (bicyclic) bond motifs is 4. The summed E-state index contributed by atoms with van der Waals surface area (Å²) in [5, 5.41) is 0.676. The summed E-state index contributed by atoms with van der Waals surface area (Å²) in [4.78, 5) is 59.7. The van der Waals surface area contributed by atoms with Crippen molar-refractivity contribution in [3.05, 3.63) is 160 Å². The van der Waals surface area contributed by atoms with Crippen molar-refractivity contribution in [2.45, 2.75) is 67.0 Å². The van der Waals surface area contributed by atoms with Gasteiger partial charge in [-0.1, -0.05) is 84.8 Å². The lowest BCUT2D eigenvalue weighted by molar-refractivity contribution is -0.141. The molecule has 1 aromatic heterocycles. The fourth-order valence-electron chi connectivity index (χ4n) is 9.86. The first-order valence-corrected chi connectivity index (χ1v) is 20.7. The van der Waals surface area contributed by atoms with Gasteiger partial charge in [0.25, 0.3) is 0 Å². The molecule has 59 heavy (non-hydrogen) atoms. The van der Waals surface area contributed by atoms with Crippen LogP contribution in [0.4, 0.5) is 0 Å². The van der Waals surface area contributed by atoms with Crippen LogP contribution in [0.25, 0.3) is 0 Å². The number of hydrogen-bond acceptors (Lipinski definition) is 8. The molecular weight excluding hydrogens is 766 g/mol. The second kappa shape index (κ2) is 14.1. The quantitative estimate of drug-likeness (QED) is 0.158. The SMILES string of the molecule is O=C1OC2(CCN(C(=O)C3(c4ccc(Cl)cc4)CCC3)C2)c2ccccc21.O=C1OC2(CCN(C(=O)C3(c4ccc(Oc5ccccn5)cc4)CC3)C2)c2ccccc21. The van der Waals surface area contributed by atoms with Crippen LogP contribution in [0, 0.1) is 0 Å². The molecule has 11 rings (SSSR count). The first-order chi connectivity index (χ1) is 28.6. The van der Waals surface area contributed by atoms with Gasteiger partial charge in [0, 0.05) is 54.3 Å². The molecule has 0 bridgehead atoms. The Labute approximate surface area is 347 Å². The maximum Gasteiger partial charge on any atom is 0.339 e. The van der Waals surface area contributed by atoms with Crippen LogP contribution >= 0.6 is 11.6 Å². The number of nitrogens with zero attached hydrogens (tertiary/aromatic N) is 3. The maximum absolute atomic E-state index is 13.6. The number of rotatable bonds is 6. The Morgan fingerprint density at radius 3 is 1.56 bits per heavy atom. The molecular formula is C48H42ClN3O7. The summed E-state index contributed by atoms with van der Waals surface area (Å²) in [5.41, 5.74) is 2.76. The molecule has 0 radical (unpaired) electrons. The smallest absolute Gasteiger partial charge is 0.339 e.